The van der Waals surface area contributed by atoms with Gasteiger partial charge in [0.2, 0.25) is 5.91 Å². The zero-order chi connectivity index (χ0) is 54.2. The van der Waals surface area contributed by atoms with Gasteiger partial charge in [-0.15, -0.1) is 0 Å². The molecule has 0 fully saturated rings. The molecule has 0 bridgehead atoms. The largest absolute Gasteiger partial charge is 0.756 e. The van der Waals surface area contributed by atoms with E-state index in [1.165, 1.54) is 276 Å². The minimum Gasteiger partial charge on any atom is -0.756 e. The molecule has 0 spiro atoms. The van der Waals surface area contributed by atoms with Crippen molar-refractivity contribution in [3.63, 3.8) is 0 Å². The van der Waals surface area contributed by atoms with E-state index >= 15 is 0 Å². The standard InChI is InChI=1S/C65H129N2O6P/c1-6-8-10-12-14-16-18-20-22-24-26-28-30-31-32-33-34-35-37-39-41-43-45-47-49-51-53-55-57-59-65(69)66-63(62-73-74(70,71)72-61-60-67(3,4)5)64(68)58-56-54-52-50-48-46-44-42-40-38-36-29-27-25-23-21-19-17-15-13-11-9-7-2/h31-32,56,58,63-64,68H,6-30,33-55,57,59-62H2,1-5H3,(H-,66,69,70,71)/b32-31-,58-56+. The van der Waals surface area contributed by atoms with Gasteiger partial charge < -0.3 is 28.8 Å². The van der Waals surface area contributed by atoms with E-state index in [0.717, 1.165) is 38.5 Å². The molecular weight excluding hydrogens is 936 g/mol. The predicted octanol–water partition coefficient (Wildman–Crippen LogP) is 19.7. The Morgan fingerprint density at radius 2 is 0.743 bits per heavy atom. The molecule has 3 unspecified atom stereocenters. The number of aliphatic hydroxyl groups excluding tert-OH is 1. The maximum Gasteiger partial charge on any atom is 0.268 e. The second-order valence-electron chi connectivity index (χ2n) is 23.8. The molecule has 0 aliphatic carbocycles. The first kappa shape index (κ1) is 73.0. The molecule has 0 heterocycles. The first-order valence-electron chi connectivity index (χ1n) is 32.7. The minimum absolute atomic E-state index is 0.00125. The van der Waals surface area contributed by atoms with E-state index in [1.807, 2.05) is 27.2 Å². The first-order chi connectivity index (χ1) is 36.0. The fourth-order valence-corrected chi connectivity index (χ4v) is 10.8. The molecular formula is C65H129N2O6P. The zero-order valence-electron chi connectivity index (χ0n) is 50.3. The summed E-state index contributed by atoms with van der Waals surface area (Å²) in [7, 11) is 1.28. The van der Waals surface area contributed by atoms with Gasteiger partial charge in [0.05, 0.1) is 39.9 Å². The summed E-state index contributed by atoms with van der Waals surface area (Å²) in [5, 5.41) is 13.9. The molecule has 0 aromatic rings. The third-order valence-electron chi connectivity index (χ3n) is 15.2. The van der Waals surface area contributed by atoms with Crippen molar-refractivity contribution in [2.24, 2.45) is 0 Å². The lowest BCUT2D eigenvalue weighted by Crippen LogP contribution is -2.45. The number of aliphatic hydroxyl groups is 1. The second kappa shape index (κ2) is 56.7. The van der Waals surface area contributed by atoms with Crippen molar-refractivity contribution in [1.29, 1.82) is 0 Å². The fraction of sp³-hybridized carbons (Fsp3) is 0.923. The van der Waals surface area contributed by atoms with Gasteiger partial charge in [-0.3, -0.25) is 9.36 Å². The molecule has 8 nitrogen and oxygen atoms in total. The third-order valence-corrected chi connectivity index (χ3v) is 16.1. The summed E-state index contributed by atoms with van der Waals surface area (Å²) in [4.78, 5) is 25.6. The third kappa shape index (κ3) is 58.7. The van der Waals surface area contributed by atoms with Crippen LogP contribution in [0.3, 0.4) is 0 Å². The van der Waals surface area contributed by atoms with Crippen LogP contribution in [0.2, 0.25) is 0 Å². The van der Waals surface area contributed by atoms with Crippen molar-refractivity contribution >= 4 is 13.7 Å². The Kier molecular flexibility index (Phi) is 55.9. The number of nitrogens with zero attached hydrogens (tertiary/aromatic N) is 1. The minimum atomic E-state index is -4.60. The highest BCUT2D eigenvalue weighted by Crippen LogP contribution is 2.38. The maximum atomic E-state index is 13.0. The summed E-state index contributed by atoms with van der Waals surface area (Å²) < 4.78 is 23.4. The number of carbonyl (C=O) groups is 1. The molecule has 74 heavy (non-hydrogen) atoms. The van der Waals surface area contributed by atoms with Crippen molar-refractivity contribution in [2.75, 3.05) is 40.9 Å². The molecule has 3 atom stereocenters. The molecule has 0 aromatic carbocycles. The van der Waals surface area contributed by atoms with Crippen molar-refractivity contribution in [2.45, 2.75) is 347 Å². The molecule has 0 aliphatic rings. The molecule has 440 valence electrons. The molecule has 1 amide bonds. The van der Waals surface area contributed by atoms with E-state index in [9.17, 15) is 19.4 Å². The van der Waals surface area contributed by atoms with E-state index in [0.29, 0.717) is 17.4 Å². The smallest absolute Gasteiger partial charge is 0.268 e. The number of amides is 1. The first-order valence-corrected chi connectivity index (χ1v) is 34.2. The van der Waals surface area contributed by atoms with E-state index in [2.05, 4.69) is 31.3 Å². The summed E-state index contributed by atoms with van der Waals surface area (Å²) in [5.74, 6) is -0.191. The van der Waals surface area contributed by atoms with Crippen LogP contribution in [0.4, 0.5) is 0 Å². The van der Waals surface area contributed by atoms with Gasteiger partial charge in [0, 0.05) is 6.42 Å². The van der Waals surface area contributed by atoms with Crippen LogP contribution in [-0.2, 0) is 18.4 Å². The monoisotopic (exact) mass is 1060 g/mol. The summed E-state index contributed by atoms with van der Waals surface area (Å²) >= 11 is 0. The lowest BCUT2D eigenvalue weighted by molar-refractivity contribution is -0.870. The highest BCUT2D eigenvalue weighted by Gasteiger charge is 2.23. The highest BCUT2D eigenvalue weighted by molar-refractivity contribution is 7.45. The Balaban J connectivity index is 4.09. The summed E-state index contributed by atoms with van der Waals surface area (Å²) in [6.07, 6.45) is 72.8. The second-order valence-corrected chi connectivity index (χ2v) is 25.2. The van der Waals surface area contributed by atoms with Crippen LogP contribution in [-0.4, -0.2) is 68.5 Å². The highest BCUT2D eigenvalue weighted by atomic mass is 31.2. The normalized spacial score (nSPS) is 13.9. The van der Waals surface area contributed by atoms with Crippen LogP contribution in [0.5, 0.6) is 0 Å². The molecule has 0 rings (SSSR count). The van der Waals surface area contributed by atoms with Crippen molar-refractivity contribution in [3.05, 3.63) is 24.3 Å². The van der Waals surface area contributed by atoms with Gasteiger partial charge in [0.25, 0.3) is 7.82 Å². The number of carbonyl (C=O) groups excluding carboxylic acids is 1. The van der Waals surface area contributed by atoms with Crippen molar-refractivity contribution in [1.82, 2.24) is 5.32 Å². The van der Waals surface area contributed by atoms with Crippen LogP contribution in [0.25, 0.3) is 0 Å². The van der Waals surface area contributed by atoms with Crippen LogP contribution in [0.15, 0.2) is 24.3 Å². The Labute approximate surface area is 462 Å². The zero-order valence-corrected chi connectivity index (χ0v) is 51.2. The Bertz CT molecular complexity index is 1260. The van der Waals surface area contributed by atoms with Gasteiger partial charge in [-0.2, -0.15) is 0 Å². The number of allylic oxidation sites excluding steroid dienone is 3. The Hall–Kier alpha value is -1.02. The quantitative estimate of drug-likeness (QED) is 0.0272. The molecule has 9 heteroatoms. The number of phosphoric acid groups is 1. The molecule has 0 aromatic heterocycles. The lowest BCUT2D eigenvalue weighted by atomic mass is 10.0. The Morgan fingerprint density at radius 3 is 1.05 bits per heavy atom. The number of hydrogen-bond acceptors (Lipinski definition) is 6. The van der Waals surface area contributed by atoms with Crippen LogP contribution in [0, 0.1) is 0 Å². The van der Waals surface area contributed by atoms with E-state index in [4.69, 9.17) is 9.05 Å². The van der Waals surface area contributed by atoms with Gasteiger partial charge in [-0.1, -0.05) is 308 Å². The number of rotatable bonds is 61. The summed E-state index contributed by atoms with van der Waals surface area (Å²) in [6.45, 7) is 4.71. The SMILES string of the molecule is CCCCCCCCCCCCCC/C=C\CCCCCCCCCCCCCCCC(=O)NC(COP(=O)([O-])OCC[N+](C)(C)C)C(O)/C=C/CCCCCCCCCCCCCCCCCCCCCCC. The van der Waals surface area contributed by atoms with Gasteiger partial charge in [0.1, 0.15) is 13.2 Å². The number of nitrogens with one attached hydrogen (secondary N) is 1. The average Bonchev–Trinajstić information content (AvgIpc) is 3.36. The average molecular weight is 1070 g/mol. The van der Waals surface area contributed by atoms with Crippen LogP contribution < -0.4 is 10.2 Å². The van der Waals surface area contributed by atoms with Crippen molar-refractivity contribution < 1.29 is 32.9 Å². The molecule has 0 saturated carbocycles. The molecule has 0 radical (unpaired) electrons. The fourth-order valence-electron chi connectivity index (χ4n) is 10.0. The number of hydrogen-bond donors (Lipinski definition) is 2. The lowest BCUT2D eigenvalue weighted by Gasteiger charge is -2.29. The van der Waals surface area contributed by atoms with Crippen LogP contribution in [0.1, 0.15) is 335 Å². The topological polar surface area (TPSA) is 108 Å². The molecule has 0 aliphatic heterocycles. The Morgan fingerprint density at radius 1 is 0.459 bits per heavy atom. The summed E-state index contributed by atoms with van der Waals surface area (Å²) in [6, 6.07) is -0.886. The predicted molar refractivity (Wildman–Crippen MR) is 321 cm³/mol. The number of quaternary nitrogens is 1. The molecule has 0 saturated heterocycles. The van der Waals surface area contributed by atoms with Gasteiger partial charge >= 0.3 is 0 Å². The van der Waals surface area contributed by atoms with Gasteiger partial charge in [0.15, 0.2) is 0 Å². The van der Waals surface area contributed by atoms with E-state index in [1.54, 1.807) is 6.08 Å². The number of likely N-dealkylation sites (N-methyl/N-ethyl adjacent to an activating group) is 1. The van der Waals surface area contributed by atoms with Crippen LogP contribution >= 0.6 is 7.82 Å². The van der Waals surface area contributed by atoms with E-state index in [-0.39, 0.29) is 19.1 Å². The van der Waals surface area contributed by atoms with Gasteiger partial charge in [-0.05, 0) is 44.9 Å². The number of phosphoric ester groups is 1. The molecule has 2 N–H and O–H groups in total. The van der Waals surface area contributed by atoms with Gasteiger partial charge in [-0.25, -0.2) is 0 Å². The van der Waals surface area contributed by atoms with Crippen molar-refractivity contribution in [3.8, 4) is 0 Å². The number of unbranched alkanes of at least 4 members (excludes halogenated alkanes) is 46. The maximum absolute atomic E-state index is 13.0. The van der Waals surface area contributed by atoms with E-state index < -0.39 is 20.0 Å². The summed E-state index contributed by atoms with van der Waals surface area (Å²) in [5.41, 5.74) is 0.